The second-order valence-corrected chi connectivity index (χ2v) is 7.59. The van der Waals surface area contributed by atoms with Crippen LogP contribution in [-0.4, -0.2) is 87.9 Å². The summed E-state index contributed by atoms with van der Waals surface area (Å²) in [4.78, 5) is 15.5. The third-order valence-electron chi connectivity index (χ3n) is 5.47. The van der Waals surface area contributed by atoms with Gasteiger partial charge in [-0.05, 0) is 37.1 Å². The number of anilines is 1. The molecule has 0 amide bonds. The molecule has 1 saturated heterocycles. The van der Waals surface area contributed by atoms with E-state index in [2.05, 4.69) is 15.3 Å². The van der Waals surface area contributed by atoms with Crippen molar-refractivity contribution in [2.45, 2.75) is 50.0 Å². The molecule has 31 heavy (non-hydrogen) atoms. The minimum absolute atomic E-state index is 0.202. The van der Waals surface area contributed by atoms with Crippen molar-refractivity contribution in [1.29, 1.82) is 5.41 Å². The molecular weight excluding hydrogens is 404 g/mol. The van der Waals surface area contributed by atoms with Gasteiger partial charge in [-0.2, -0.15) is 0 Å². The maximum atomic E-state index is 11.0. The maximum absolute atomic E-state index is 11.0. The molecule has 2 rings (SSSR count). The first-order valence-corrected chi connectivity index (χ1v) is 10.3. The highest BCUT2D eigenvalue weighted by molar-refractivity contribution is 6.36. The van der Waals surface area contributed by atoms with E-state index in [9.17, 15) is 25.2 Å². The molecule has 1 heterocycles. The normalized spacial score (nSPS) is 23.7. The van der Waals surface area contributed by atoms with Crippen molar-refractivity contribution in [1.82, 2.24) is 4.90 Å². The molecule has 1 aromatic carbocycles. The highest BCUT2D eigenvalue weighted by atomic mass is 16.4. The van der Waals surface area contributed by atoms with Crippen LogP contribution in [-0.2, 0) is 4.79 Å². The standard InChI is InChI=1S/C20H30N6O5/c21-15(11-27)14-9-13(24-25-22)5-6-16(14)23-7-3-1-2-4-8-26-10-18(29)20(31)19(30)17(26)12-28/h5-6,9,11,17-21,23,28-31H,1-4,7-8,10,12H2/t17-,18+,19-,20-/m1/s1. The van der Waals surface area contributed by atoms with E-state index < -0.39 is 24.4 Å². The zero-order chi connectivity index (χ0) is 22.8. The minimum atomic E-state index is -1.24. The summed E-state index contributed by atoms with van der Waals surface area (Å²) in [7, 11) is 0. The first kappa shape index (κ1) is 24.7. The fourth-order valence-corrected chi connectivity index (χ4v) is 3.74. The number of nitrogens with one attached hydrogen (secondary N) is 2. The number of β-amino-alcohol motifs (C(OH)–C–C–N with tert-alkyl or cyclic N) is 1. The first-order chi connectivity index (χ1) is 14.9. The highest BCUT2D eigenvalue weighted by Crippen LogP contribution is 2.23. The highest BCUT2D eigenvalue weighted by Gasteiger charge is 2.40. The van der Waals surface area contributed by atoms with E-state index in [0.29, 0.717) is 36.3 Å². The van der Waals surface area contributed by atoms with Gasteiger partial charge in [0.05, 0.1) is 18.8 Å². The topological polar surface area (TPSA) is 186 Å². The fourth-order valence-electron chi connectivity index (χ4n) is 3.74. The molecule has 1 aliphatic rings. The van der Waals surface area contributed by atoms with Crippen LogP contribution in [0.3, 0.4) is 0 Å². The van der Waals surface area contributed by atoms with Gasteiger partial charge in [0.2, 0.25) is 0 Å². The van der Waals surface area contributed by atoms with Gasteiger partial charge in [0, 0.05) is 34.9 Å². The van der Waals surface area contributed by atoms with Crippen LogP contribution in [0, 0.1) is 5.41 Å². The maximum Gasteiger partial charge on any atom is 0.168 e. The Kier molecular flexibility index (Phi) is 9.86. The summed E-state index contributed by atoms with van der Waals surface area (Å²) in [6, 6.07) is 4.20. The van der Waals surface area contributed by atoms with E-state index in [1.54, 1.807) is 12.1 Å². The van der Waals surface area contributed by atoms with Gasteiger partial charge < -0.3 is 25.7 Å². The summed E-state index contributed by atoms with van der Waals surface area (Å²) in [6.07, 6.45) is 0.453. The molecule has 11 nitrogen and oxygen atoms in total. The lowest BCUT2D eigenvalue weighted by atomic mass is 9.94. The Labute approximate surface area is 180 Å². The van der Waals surface area contributed by atoms with Gasteiger partial charge >= 0.3 is 0 Å². The predicted molar refractivity (Wildman–Crippen MR) is 116 cm³/mol. The smallest absolute Gasteiger partial charge is 0.168 e. The molecule has 170 valence electrons. The van der Waals surface area contributed by atoms with Crippen LogP contribution < -0.4 is 5.32 Å². The lowest BCUT2D eigenvalue weighted by Gasteiger charge is -2.43. The molecule has 0 radical (unpaired) electrons. The van der Waals surface area contributed by atoms with Crippen molar-refractivity contribution in [3.05, 3.63) is 34.2 Å². The molecule has 6 N–H and O–H groups in total. The summed E-state index contributed by atoms with van der Waals surface area (Å²) in [5.41, 5.74) is 9.66. The zero-order valence-corrected chi connectivity index (χ0v) is 17.3. The molecular formula is C20H30N6O5. The van der Waals surface area contributed by atoms with Gasteiger partial charge in [-0.3, -0.25) is 15.1 Å². The summed E-state index contributed by atoms with van der Waals surface area (Å²) in [5.74, 6) is 0. The minimum Gasteiger partial charge on any atom is -0.395 e. The lowest BCUT2D eigenvalue weighted by molar-refractivity contribution is -0.145. The largest absolute Gasteiger partial charge is 0.395 e. The van der Waals surface area contributed by atoms with Gasteiger partial charge in [0.1, 0.15) is 17.9 Å². The quantitative estimate of drug-likeness (QED) is 0.0705. The number of hydrogen-bond acceptors (Lipinski definition) is 9. The van der Waals surface area contributed by atoms with E-state index in [-0.39, 0.29) is 18.9 Å². The van der Waals surface area contributed by atoms with Crippen LogP contribution in [0.25, 0.3) is 10.4 Å². The van der Waals surface area contributed by atoms with Crippen LogP contribution in [0.5, 0.6) is 0 Å². The second-order valence-electron chi connectivity index (χ2n) is 7.59. The number of aldehydes is 1. The van der Waals surface area contributed by atoms with Crippen molar-refractivity contribution in [3.63, 3.8) is 0 Å². The number of carbonyl (C=O) groups excluding carboxylic acids is 1. The number of hydrogen-bond donors (Lipinski definition) is 6. The van der Waals surface area contributed by atoms with E-state index in [4.69, 9.17) is 10.9 Å². The fraction of sp³-hybridized carbons (Fsp3) is 0.600. The van der Waals surface area contributed by atoms with E-state index in [1.807, 2.05) is 4.90 Å². The predicted octanol–water partition coefficient (Wildman–Crippen LogP) is 0.927. The summed E-state index contributed by atoms with van der Waals surface area (Å²) < 4.78 is 0. The number of rotatable bonds is 12. The molecule has 0 aromatic heterocycles. The van der Waals surface area contributed by atoms with Crippen molar-refractivity contribution in [2.75, 3.05) is 31.6 Å². The van der Waals surface area contributed by atoms with Crippen LogP contribution in [0.4, 0.5) is 11.4 Å². The van der Waals surface area contributed by atoms with Crippen LogP contribution in [0.2, 0.25) is 0 Å². The van der Waals surface area contributed by atoms with Gasteiger partial charge in [-0.25, -0.2) is 0 Å². The van der Waals surface area contributed by atoms with E-state index in [0.717, 1.165) is 25.7 Å². The van der Waals surface area contributed by atoms with Crippen LogP contribution in [0.15, 0.2) is 23.3 Å². The first-order valence-electron chi connectivity index (χ1n) is 10.3. The number of aliphatic hydroxyl groups excluding tert-OH is 4. The summed E-state index contributed by atoms with van der Waals surface area (Å²) in [5, 5.41) is 53.5. The average molecular weight is 434 g/mol. The molecule has 0 aliphatic carbocycles. The number of piperidine rings is 1. The monoisotopic (exact) mass is 434 g/mol. The van der Waals surface area contributed by atoms with Gasteiger partial charge in [-0.15, -0.1) is 0 Å². The number of benzene rings is 1. The Hall–Kier alpha value is -2.53. The van der Waals surface area contributed by atoms with Crippen LogP contribution >= 0.6 is 0 Å². The van der Waals surface area contributed by atoms with Crippen molar-refractivity contribution < 1.29 is 25.2 Å². The molecule has 11 heteroatoms. The Bertz CT molecular complexity index is 800. The van der Waals surface area contributed by atoms with Crippen molar-refractivity contribution in [3.8, 4) is 0 Å². The number of azide groups is 1. The van der Waals surface area contributed by atoms with Crippen molar-refractivity contribution in [2.24, 2.45) is 5.11 Å². The Morgan fingerprint density at radius 3 is 2.68 bits per heavy atom. The lowest BCUT2D eigenvalue weighted by Crippen LogP contribution is -2.62. The number of likely N-dealkylation sites (tertiary alicyclic amines) is 1. The third-order valence-corrected chi connectivity index (χ3v) is 5.47. The summed E-state index contributed by atoms with van der Waals surface area (Å²) >= 11 is 0. The van der Waals surface area contributed by atoms with E-state index >= 15 is 0 Å². The number of nitrogens with zero attached hydrogens (tertiary/aromatic N) is 4. The molecule has 1 fully saturated rings. The molecule has 0 unspecified atom stereocenters. The molecule has 4 atom stereocenters. The number of unbranched alkanes of at least 4 members (excludes halogenated alkanes) is 3. The Balaban J connectivity index is 1.76. The molecule has 1 aromatic rings. The van der Waals surface area contributed by atoms with Crippen molar-refractivity contribution >= 4 is 23.4 Å². The van der Waals surface area contributed by atoms with Crippen LogP contribution in [0.1, 0.15) is 31.2 Å². The molecule has 1 aliphatic heterocycles. The van der Waals surface area contributed by atoms with E-state index in [1.165, 1.54) is 6.07 Å². The zero-order valence-electron chi connectivity index (χ0n) is 17.3. The van der Waals surface area contributed by atoms with Gasteiger partial charge in [-0.1, -0.05) is 24.0 Å². The number of carbonyl (C=O) groups is 1. The second kappa shape index (κ2) is 12.4. The molecule has 0 saturated carbocycles. The molecule has 0 spiro atoms. The summed E-state index contributed by atoms with van der Waals surface area (Å²) in [6.45, 7) is 1.15. The van der Waals surface area contributed by atoms with Gasteiger partial charge in [0.15, 0.2) is 6.29 Å². The van der Waals surface area contributed by atoms with Gasteiger partial charge in [0.25, 0.3) is 0 Å². The SMILES string of the molecule is [N-]=[N+]=Nc1ccc(NCCCCCCN2C[C@H](O)[C@@H](O)[C@H](O)[C@H]2CO)c(C(=N)C=O)c1. The Morgan fingerprint density at radius 2 is 2.00 bits per heavy atom. The number of aliphatic hydroxyl groups is 4. The Morgan fingerprint density at radius 1 is 1.26 bits per heavy atom. The average Bonchev–Trinajstić information content (AvgIpc) is 2.77. The molecule has 0 bridgehead atoms. The third kappa shape index (κ3) is 6.73.